The lowest BCUT2D eigenvalue weighted by molar-refractivity contribution is -0.125. The molecule has 21 heavy (non-hydrogen) atoms. The molecular formula is C11H16N8O2. The second kappa shape index (κ2) is 6.61. The normalized spacial score (nSPS) is 11.9. The van der Waals surface area contributed by atoms with E-state index in [-0.39, 0.29) is 12.5 Å². The summed E-state index contributed by atoms with van der Waals surface area (Å²) in [7, 11) is 0. The van der Waals surface area contributed by atoms with Gasteiger partial charge in [-0.15, -0.1) is 0 Å². The van der Waals surface area contributed by atoms with Gasteiger partial charge in [-0.05, 0) is 6.92 Å². The van der Waals surface area contributed by atoms with Crippen molar-refractivity contribution in [3.63, 3.8) is 0 Å². The third kappa shape index (κ3) is 3.86. The molecule has 2 rings (SSSR count). The number of aliphatic hydroxyl groups is 1. The second-order valence-corrected chi connectivity index (χ2v) is 4.08. The lowest BCUT2D eigenvalue weighted by atomic mass is 10.3. The first-order valence-corrected chi connectivity index (χ1v) is 6.29. The molecule has 0 aromatic carbocycles. The third-order valence-corrected chi connectivity index (χ3v) is 2.48. The van der Waals surface area contributed by atoms with Gasteiger partial charge in [-0.2, -0.15) is 15.0 Å². The van der Waals surface area contributed by atoms with Gasteiger partial charge in [-0.25, -0.2) is 4.98 Å². The van der Waals surface area contributed by atoms with Crippen LogP contribution in [0.3, 0.4) is 0 Å². The van der Waals surface area contributed by atoms with Gasteiger partial charge in [0.05, 0.1) is 6.54 Å². The van der Waals surface area contributed by atoms with Crippen LogP contribution in [0.4, 0.5) is 11.9 Å². The summed E-state index contributed by atoms with van der Waals surface area (Å²) in [5.74, 6) is 0.116. The summed E-state index contributed by atoms with van der Waals surface area (Å²) in [6.45, 7) is 2.45. The van der Waals surface area contributed by atoms with Crippen LogP contribution >= 0.6 is 0 Å². The number of imidazole rings is 1. The number of hydrogen-bond donors (Lipinski definition) is 4. The van der Waals surface area contributed by atoms with Gasteiger partial charge in [0.25, 0.3) is 0 Å². The topological polar surface area (TPSA) is 144 Å². The maximum atomic E-state index is 10.8. The van der Waals surface area contributed by atoms with Gasteiger partial charge >= 0.3 is 0 Å². The minimum absolute atomic E-state index is 0.0890. The fourth-order valence-electron chi connectivity index (χ4n) is 1.46. The summed E-state index contributed by atoms with van der Waals surface area (Å²) < 4.78 is 1.61. The van der Waals surface area contributed by atoms with Crippen molar-refractivity contribution in [2.45, 2.75) is 13.0 Å². The average Bonchev–Trinajstić information content (AvgIpc) is 2.99. The average molecular weight is 292 g/mol. The van der Waals surface area contributed by atoms with E-state index in [2.05, 4.69) is 30.6 Å². The van der Waals surface area contributed by atoms with Crippen molar-refractivity contribution in [1.82, 2.24) is 24.5 Å². The van der Waals surface area contributed by atoms with Crippen LogP contribution in [0.1, 0.15) is 6.92 Å². The smallest absolute Gasteiger partial charge is 0.248 e. The minimum Gasteiger partial charge on any atom is -0.381 e. The maximum absolute atomic E-state index is 10.8. The van der Waals surface area contributed by atoms with Crippen LogP contribution < -0.4 is 16.4 Å². The summed E-state index contributed by atoms with van der Waals surface area (Å²) in [5.41, 5.74) is 4.98. The largest absolute Gasteiger partial charge is 0.381 e. The number of amides is 1. The Balaban J connectivity index is 2.21. The van der Waals surface area contributed by atoms with Gasteiger partial charge in [-0.3, -0.25) is 9.36 Å². The van der Waals surface area contributed by atoms with E-state index < -0.39 is 12.0 Å². The summed E-state index contributed by atoms with van der Waals surface area (Å²) in [4.78, 5) is 27.2. The number of carbonyl (C=O) groups is 1. The summed E-state index contributed by atoms with van der Waals surface area (Å²) in [6, 6.07) is 0. The number of nitrogens with two attached hydrogens (primary N) is 1. The van der Waals surface area contributed by atoms with E-state index in [1.165, 1.54) is 0 Å². The predicted molar refractivity (Wildman–Crippen MR) is 74.8 cm³/mol. The van der Waals surface area contributed by atoms with Crippen LogP contribution in [-0.2, 0) is 4.79 Å². The van der Waals surface area contributed by atoms with E-state index in [1.807, 2.05) is 6.92 Å². The summed E-state index contributed by atoms with van der Waals surface area (Å²) >= 11 is 0. The zero-order valence-electron chi connectivity index (χ0n) is 11.4. The lowest BCUT2D eigenvalue weighted by Crippen LogP contribution is -2.34. The Hall–Kier alpha value is -2.75. The highest BCUT2D eigenvalue weighted by molar-refractivity contribution is 5.79. The van der Waals surface area contributed by atoms with Gasteiger partial charge in [0.15, 0.2) is 0 Å². The standard InChI is InChI=1S/C11H16N8O2/c1-2-14-9-16-10(15-5-7(20)8(12)21)18-11(17-9)19-4-3-13-6-19/h3-4,6-7,20H,2,5H2,1H3,(H2,12,21)(H2,14,15,16,17,18). The predicted octanol–water partition coefficient (Wildman–Crippen LogP) is -1.25. The van der Waals surface area contributed by atoms with Crippen molar-refractivity contribution < 1.29 is 9.90 Å². The van der Waals surface area contributed by atoms with E-state index >= 15 is 0 Å². The number of hydrogen-bond acceptors (Lipinski definition) is 8. The molecule has 1 atom stereocenters. The molecule has 0 fully saturated rings. The van der Waals surface area contributed by atoms with E-state index in [9.17, 15) is 9.90 Å². The molecule has 0 bridgehead atoms. The van der Waals surface area contributed by atoms with Crippen LogP contribution in [0.5, 0.6) is 0 Å². The molecule has 2 aromatic heterocycles. The first-order valence-electron chi connectivity index (χ1n) is 6.29. The Morgan fingerprint density at radius 3 is 2.67 bits per heavy atom. The number of anilines is 2. The Morgan fingerprint density at radius 2 is 2.10 bits per heavy atom. The highest BCUT2D eigenvalue weighted by Crippen LogP contribution is 2.09. The quantitative estimate of drug-likeness (QED) is 0.495. The first kappa shape index (κ1) is 14.7. The molecule has 0 spiro atoms. The fraction of sp³-hybridized carbons (Fsp3) is 0.364. The van der Waals surface area contributed by atoms with Crippen molar-refractivity contribution in [3.8, 4) is 5.95 Å². The lowest BCUT2D eigenvalue weighted by Gasteiger charge is -2.11. The van der Waals surface area contributed by atoms with Gasteiger partial charge in [-0.1, -0.05) is 0 Å². The van der Waals surface area contributed by atoms with Crippen LogP contribution in [0.15, 0.2) is 18.7 Å². The highest BCUT2D eigenvalue weighted by atomic mass is 16.3. The molecule has 10 nitrogen and oxygen atoms in total. The Morgan fingerprint density at radius 1 is 1.38 bits per heavy atom. The number of aromatic nitrogens is 5. The molecule has 112 valence electrons. The molecule has 0 aliphatic heterocycles. The number of nitrogens with zero attached hydrogens (tertiary/aromatic N) is 5. The second-order valence-electron chi connectivity index (χ2n) is 4.08. The van der Waals surface area contributed by atoms with Gasteiger partial charge in [0, 0.05) is 18.9 Å². The number of primary amides is 1. The molecule has 1 unspecified atom stereocenters. The molecule has 2 heterocycles. The molecule has 0 saturated carbocycles. The minimum atomic E-state index is -1.32. The Bertz CT molecular complexity index is 600. The van der Waals surface area contributed by atoms with Crippen molar-refractivity contribution >= 4 is 17.8 Å². The number of aliphatic hydroxyl groups excluding tert-OH is 1. The Kier molecular flexibility index (Phi) is 4.61. The third-order valence-electron chi connectivity index (χ3n) is 2.48. The monoisotopic (exact) mass is 292 g/mol. The molecule has 0 aliphatic carbocycles. The first-order chi connectivity index (χ1) is 10.1. The molecule has 5 N–H and O–H groups in total. The van der Waals surface area contributed by atoms with Crippen LogP contribution in [0.25, 0.3) is 5.95 Å². The molecule has 1 amide bonds. The van der Waals surface area contributed by atoms with Crippen molar-refractivity contribution in [3.05, 3.63) is 18.7 Å². The van der Waals surface area contributed by atoms with Gasteiger partial charge in [0.1, 0.15) is 12.4 Å². The SMILES string of the molecule is CCNc1nc(NCC(O)C(N)=O)nc(-n2ccnc2)n1. The number of nitrogens with one attached hydrogen (secondary N) is 2. The van der Waals surface area contributed by atoms with Crippen molar-refractivity contribution in [2.24, 2.45) is 5.73 Å². The molecule has 10 heteroatoms. The molecule has 0 aliphatic rings. The zero-order chi connectivity index (χ0) is 15.2. The van der Waals surface area contributed by atoms with Gasteiger partial charge in [0.2, 0.25) is 23.8 Å². The van der Waals surface area contributed by atoms with Crippen LogP contribution in [-0.4, -0.2) is 54.7 Å². The molecule has 2 aromatic rings. The van der Waals surface area contributed by atoms with Crippen molar-refractivity contribution in [2.75, 3.05) is 23.7 Å². The molecular weight excluding hydrogens is 276 g/mol. The zero-order valence-corrected chi connectivity index (χ0v) is 11.4. The van der Waals surface area contributed by atoms with E-state index in [0.717, 1.165) is 0 Å². The summed E-state index contributed by atoms with van der Waals surface area (Å²) in [5, 5.41) is 15.1. The Labute approximate surface area is 120 Å². The van der Waals surface area contributed by atoms with Gasteiger partial charge < -0.3 is 21.5 Å². The van der Waals surface area contributed by atoms with Crippen molar-refractivity contribution in [1.29, 1.82) is 0 Å². The highest BCUT2D eigenvalue weighted by Gasteiger charge is 2.12. The molecule has 0 saturated heterocycles. The molecule has 0 radical (unpaired) electrons. The maximum Gasteiger partial charge on any atom is 0.248 e. The van der Waals surface area contributed by atoms with E-state index in [1.54, 1.807) is 23.3 Å². The number of carbonyl (C=O) groups excluding carboxylic acids is 1. The van der Waals surface area contributed by atoms with Crippen LogP contribution in [0.2, 0.25) is 0 Å². The van der Waals surface area contributed by atoms with Crippen LogP contribution in [0, 0.1) is 0 Å². The number of rotatable bonds is 7. The van der Waals surface area contributed by atoms with E-state index in [0.29, 0.717) is 18.4 Å². The summed E-state index contributed by atoms with van der Waals surface area (Å²) in [6.07, 6.45) is 3.52. The van der Waals surface area contributed by atoms with E-state index in [4.69, 9.17) is 5.73 Å². The fourth-order valence-corrected chi connectivity index (χ4v) is 1.46.